The fraction of sp³-hybridized carbons (Fsp3) is 0.667. The molecule has 0 fully saturated rings. The minimum Gasteiger partial charge on any atom is -0.481 e. The largest absolute Gasteiger partial charge is 0.481 e. The molecular formula is C12H20N4O3S. The third-order valence-corrected chi connectivity index (χ3v) is 3.22. The maximum Gasteiger partial charge on any atom is 0.321 e. The molecule has 1 aromatic rings. The maximum absolute atomic E-state index is 11.6. The van der Waals surface area contributed by atoms with Gasteiger partial charge < -0.3 is 10.4 Å². The molecule has 0 aliphatic heterocycles. The van der Waals surface area contributed by atoms with Crippen LogP contribution >= 0.6 is 11.3 Å². The summed E-state index contributed by atoms with van der Waals surface area (Å²) in [5.74, 6) is -1.52. The summed E-state index contributed by atoms with van der Waals surface area (Å²) < 4.78 is 0. The molecule has 8 heteroatoms. The van der Waals surface area contributed by atoms with E-state index >= 15 is 0 Å². The Morgan fingerprint density at radius 1 is 1.35 bits per heavy atom. The van der Waals surface area contributed by atoms with Crippen LogP contribution in [0.25, 0.3) is 0 Å². The fourth-order valence-corrected chi connectivity index (χ4v) is 2.28. The molecule has 20 heavy (non-hydrogen) atoms. The van der Waals surface area contributed by atoms with Gasteiger partial charge in [0.2, 0.25) is 5.13 Å². The molecule has 1 unspecified atom stereocenters. The second kappa shape index (κ2) is 6.65. The van der Waals surface area contributed by atoms with Crippen LogP contribution in [-0.2, 0) is 4.79 Å². The van der Waals surface area contributed by atoms with Gasteiger partial charge in [0.05, 0.1) is 5.92 Å². The number of carboxylic acids is 1. The first-order chi connectivity index (χ1) is 9.17. The van der Waals surface area contributed by atoms with Gasteiger partial charge >= 0.3 is 12.0 Å². The molecule has 0 saturated carbocycles. The Bertz CT molecular complexity index is 481. The second-order valence-corrected chi connectivity index (χ2v) is 6.94. The lowest BCUT2D eigenvalue weighted by Crippen LogP contribution is -2.37. The zero-order valence-corrected chi connectivity index (χ0v) is 12.9. The Hall–Kier alpha value is -1.70. The van der Waals surface area contributed by atoms with Crippen molar-refractivity contribution < 1.29 is 14.7 Å². The summed E-state index contributed by atoms with van der Waals surface area (Å²) in [6.07, 6.45) is 0.487. The molecule has 2 amide bonds. The molecule has 0 saturated heterocycles. The van der Waals surface area contributed by atoms with Crippen LogP contribution < -0.4 is 10.6 Å². The topological polar surface area (TPSA) is 104 Å². The number of hydrogen-bond acceptors (Lipinski definition) is 5. The molecule has 0 radical (unpaired) electrons. The van der Waals surface area contributed by atoms with Crippen molar-refractivity contribution in [2.45, 2.75) is 34.1 Å². The van der Waals surface area contributed by atoms with Gasteiger partial charge in [-0.25, -0.2) is 4.79 Å². The quantitative estimate of drug-likeness (QED) is 0.772. The minimum atomic E-state index is -0.910. The van der Waals surface area contributed by atoms with Crippen molar-refractivity contribution in [3.05, 3.63) is 5.01 Å². The number of carboxylic acid groups (broad SMARTS) is 1. The van der Waals surface area contributed by atoms with Crippen molar-refractivity contribution in [1.29, 1.82) is 0 Å². The minimum absolute atomic E-state index is 0.0796. The van der Waals surface area contributed by atoms with Gasteiger partial charge in [0.25, 0.3) is 0 Å². The number of nitrogens with one attached hydrogen (secondary N) is 2. The van der Waals surface area contributed by atoms with Crippen LogP contribution in [0.3, 0.4) is 0 Å². The normalized spacial score (nSPS) is 12.8. The fourth-order valence-electron chi connectivity index (χ4n) is 1.69. The van der Waals surface area contributed by atoms with E-state index in [9.17, 15) is 9.59 Å². The number of hydrogen-bond donors (Lipinski definition) is 3. The second-order valence-electron chi connectivity index (χ2n) is 5.76. The number of nitrogens with zero attached hydrogens (tertiary/aromatic N) is 2. The Morgan fingerprint density at radius 3 is 2.45 bits per heavy atom. The summed E-state index contributed by atoms with van der Waals surface area (Å²) in [6.45, 7) is 7.76. The highest BCUT2D eigenvalue weighted by Gasteiger charge is 2.25. The van der Waals surface area contributed by atoms with Crippen LogP contribution in [0.4, 0.5) is 9.93 Å². The van der Waals surface area contributed by atoms with Crippen molar-refractivity contribution in [2.75, 3.05) is 11.9 Å². The van der Waals surface area contributed by atoms with Crippen LogP contribution in [0, 0.1) is 18.3 Å². The monoisotopic (exact) mass is 300 g/mol. The number of carbonyl (C=O) groups excluding carboxylic acids is 1. The van der Waals surface area contributed by atoms with E-state index in [1.165, 1.54) is 11.3 Å². The molecule has 7 nitrogen and oxygen atoms in total. The van der Waals surface area contributed by atoms with Crippen molar-refractivity contribution in [2.24, 2.45) is 11.3 Å². The highest BCUT2D eigenvalue weighted by Crippen LogP contribution is 2.24. The van der Waals surface area contributed by atoms with Crippen LogP contribution in [0.2, 0.25) is 0 Å². The zero-order chi connectivity index (χ0) is 15.3. The Balaban J connectivity index is 2.46. The molecular weight excluding hydrogens is 280 g/mol. The summed E-state index contributed by atoms with van der Waals surface area (Å²) in [6, 6.07) is -0.471. The molecule has 3 N–H and O–H groups in total. The molecule has 0 spiro atoms. The first kappa shape index (κ1) is 16.4. The predicted octanol–water partition coefficient (Wildman–Crippen LogP) is 2.11. The molecule has 112 valence electrons. The summed E-state index contributed by atoms with van der Waals surface area (Å²) in [7, 11) is 0. The number of anilines is 1. The number of carbonyl (C=O) groups is 2. The average molecular weight is 300 g/mol. The van der Waals surface area contributed by atoms with Crippen LogP contribution in [0.5, 0.6) is 0 Å². The van der Waals surface area contributed by atoms with Gasteiger partial charge in [0.1, 0.15) is 5.01 Å². The van der Waals surface area contributed by atoms with Crippen molar-refractivity contribution >= 4 is 28.5 Å². The maximum atomic E-state index is 11.6. The Morgan fingerprint density at radius 2 is 2.00 bits per heavy atom. The van der Waals surface area contributed by atoms with E-state index in [1.807, 2.05) is 20.8 Å². The van der Waals surface area contributed by atoms with E-state index < -0.39 is 17.9 Å². The molecule has 0 aliphatic rings. The van der Waals surface area contributed by atoms with Gasteiger partial charge in [-0.15, -0.1) is 10.2 Å². The van der Waals surface area contributed by atoms with Gasteiger partial charge in [-0.3, -0.25) is 10.1 Å². The average Bonchev–Trinajstić information content (AvgIpc) is 2.68. The third kappa shape index (κ3) is 5.96. The first-order valence-corrected chi connectivity index (χ1v) is 7.07. The first-order valence-electron chi connectivity index (χ1n) is 6.25. The lowest BCUT2D eigenvalue weighted by Gasteiger charge is -2.23. The molecule has 0 aliphatic carbocycles. The third-order valence-electron chi connectivity index (χ3n) is 2.46. The van der Waals surface area contributed by atoms with Gasteiger partial charge in [-0.05, 0) is 18.8 Å². The van der Waals surface area contributed by atoms with Gasteiger partial charge in [-0.2, -0.15) is 0 Å². The van der Waals surface area contributed by atoms with E-state index in [1.54, 1.807) is 6.92 Å². The van der Waals surface area contributed by atoms with E-state index in [4.69, 9.17) is 5.11 Å². The standard InChI is InChI=1S/C12H20N4O3S/c1-7-15-16-11(20-7)14-10(19)13-6-8(9(17)18)5-12(2,3)4/h8H,5-6H2,1-4H3,(H,17,18)(H2,13,14,16,19). The van der Waals surface area contributed by atoms with Gasteiger partial charge in [-0.1, -0.05) is 32.1 Å². The summed E-state index contributed by atoms with van der Waals surface area (Å²) >= 11 is 1.26. The van der Waals surface area contributed by atoms with Gasteiger partial charge in [0.15, 0.2) is 0 Å². The van der Waals surface area contributed by atoms with E-state index in [0.717, 1.165) is 5.01 Å². The van der Waals surface area contributed by atoms with Crippen LogP contribution in [-0.4, -0.2) is 33.8 Å². The number of rotatable bonds is 5. The van der Waals surface area contributed by atoms with Crippen LogP contribution in [0.15, 0.2) is 0 Å². The Kier molecular flexibility index (Phi) is 5.43. The van der Waals surface area contributed by atoms with Gasteiger partial charge in [0, 0.05) is 6.54 Å². The number of amides is 2. The highest BCUT2D eigenvalue weighted by molar-refractivity contribution is 7.15. The van der Waals surface area contributed by atoms with E-state index in [0.29, 0.717) is 11.6 Å². The van der Waals surface area contributed by atoms with Crippen molar-refractivity contribution in [3.8, 4) is 0 Å². The smallest absolute Gasteiger partial charge is 0.321 e. The number of aromatic nitrogens is 2. The lowest BCUT2D eigenvalue weighted by atomic mass is 9.84. The molecule has 0 bridgehead atoms. The zero-order valence-electron chi connectivity index (χ0n) is 12.1. The van der Waals surface area contributed by atoms with E-state index in [-0.39, 0.29) is 12.0 Å². The van der Waals surface area contributed by atoms with Crippen molar-refractivity contribution in [3.63, 3.8) is 0 Å². The van der Waals surface area contributed by atoms with Crippen LogP contribution in [0.1, 0.15) is 32.2 Å². The van der Waals surface area contributed by atoms with Crippen molar-refractivity contribution in [1.82, 2.24) is 15.5 Å². The Labute approximate surface area is 121 Å². The predicted molar refractivity (Wildman–Crippen MR) is 76.9 cm³/mol. The summed E-state index contributed by atoms with van der Waals surface area (Å²) in [5.41, 5.74) is -0.114. The lowest BCUT2D eigenvalue weighted by molar-refractivity contribution is -0.142. The molecule has 1 atom stereocenters. The molecule has 1 aromatic heterocycles. The molecule has 0 aromatic carbocycles. The molecule has 1 heterocycles. The SMILES string of the molecule is Cc1nnc(NC(=O)NCC(CC(C)(C)C)C(=O)O)s1. The molecule has 1 rings (SSSR count). The number of aliphatic carboxylic acids is 1. The highest BCUT2D eigenvalue weighted by atomic mass is 32.1. The summed E-state index contributed by atoms with van der Waals surface area (Å²) in [5, 5.41) is 22.9. The number of urea groups is 1. The number of aryl methyl sites for hydroxylation is 1. The summed E-state index contributed by atoms with van der Waals surface area (Å²) in [4.78, 5) is 22.8. The van der Waals surface area contributed by atoms with E-state index in [2.05, 4.69) is 20.8 Å².